The van der Waals surface area contributed by atoms with E-state index in [9.17, 15) is 13.2 Å². The van der Waals surface area contributed by atoms with Gasteiger partial charge in [0.25, 0.3) is 5.91 Å². The summed E-state index contributed by atoms with van der Waals surface area (Å²) in [5, 5.41) is 3.98. The molecule has 0 spiro atoms. The van der Waals surface area contributed by atoms with E-state index in [0.29, 0.717) is 17.1 Å². The molecule has 3 aromatic carbocycles. The normalized spacial score (nSPS) is 11.5. The molecule has 0 heterocycles. The highest BCUT2D eigenvalue weighted by atomic mass is 32.2. The van der Waals surface area contributed by atoms with Gasteiger partial charge in [0.1, 0.15) is 11.5 Å². The van der Waals surface area contributed by atoms with Gasteiger partial charge in [-0.05, 0) is 36.8 Å². The first kappa shape index (κ1) is 24.9. The second-order valence-corrected chi connectivity index (χ2v) is 9.38. The van der Waals surface area contributed by atoms with E-state index in [1.54, 1.807) is 36.4 Å². The summed E-state index contributed by atoms with van der Waals surface area (Å²) in [4.78, 5) is 12.8. The molecule has 0 aliphatic rings. The van der Waals surface area contributed by atoms with E-state index in [-0.39, 0.29) is 11.4 Å². The molecular formula is C25H27N3O5S. The Morgan fingerprint density at radius 2 is 1.56 bits per heavy atom. The second-order valence-electron chi connectivity index (χ2n) is 7.44. The molecule has 8 nitrogen and oxygen atoms in total. The standard InChI is InChI=1S/C25H27N3O5S/c1-19-12-14-20(15-13-19)17-28(34(30,31)21-8-5-4-6-9-21)18-25(29)27-26-16-22-23(32-2)10-7-11-24(22)33-3/h4-16H,17-18H2,1-3H3,(H,27,29)/b26-16-. The van der Waals surface area contributed by atoms with Crippen LogP contribution in [-0.4, -0.2) is 45.6 Å². The van der Waals surface area contributed by atoms with Gasteiger partial charge in [0.05, 0.1) is 37.4 Å². The molecule has 0 aliphatic carbocycles. The van der Waals surface area contributed by atoms with Crippen LogP contribution < -0.4 is 14.9 Å². The topological polar surface area (TPSA) is 97.3 Å². The highest BCUT2D eigenvalue weighted by Crippen LogP contribution is 2.26. The Labute approximate surface area is 199 Å². The predicted molar refractivity (Wildman–Crippen MR) is 130 cm³/mol. The molecule has 178 valence electrons. The van der Waals surface area contributed by atoms with Crippen molar-refractivity contribution < 1.29 is 22.7 Å². The summed E-state index contributed by atoms with van der Waals surface area (Å²) in [7, 11) is -0.890. The highest BCUT2D eigenvalue weighted by molar-refractivity contribution is 7.89. The maximum Gasteiger partial charge on any atom is 0.255 e. The van der Waals surface area contributed by atoms with Gasteiger partial charge in [-0.25, -0.2) is 13.8 Å². The lowest BCUT2D eigenvalue weighted by Crippen LogP contribution is -2.39. The van der Waals surface area contributed by atoms with Crippen molar-refractivity contribution in [2.45, 2.75) is 18.4 Å². The lowest BCUT2D eigenvalue weighted by molar-refractivity contribution is -0.121. The van der Waals surface area contributed by atoms with Crippen molar-refractivity contribution in [1.82, 2.24) is 9.73 Å². The van der Waals surface area contributed by atoms with E-state index in [1.165, 1.54) is 32.6 Å². The molecule has 34 heavy (non-hydrogen) atoms. The van der Waals surface area contributed by atoms with Gasteiger partial charge in [-0.3, -0.25) is 4.79 Å². The Bertz CT molecular complexity index is 1220. The zero-order valence-corrected chi connectivity index (χ0v) is 20.1. The molecule has 0 aliphatic heterocycles. The SMILES string of the molecule is COc1cccc(OC)c1/C=N\NC(=O)CN(Cc1ccc(C)cc1)S(=O)(=O)c1ccccc1. The third-order valence-electron chi connectivity index (χ3n) is 5.03. The number of ether oxygens (including phenoxy) is 2. The maximum atomic E-state index is 13.3. The average molecular weight is 482 g/mol. The van der Waals surface area contributed by atoms with Gasteiger partial charge in [-0.2, -0.15) is 9.41 Å². The summed E-state index contributed by atoms with van der Waals surface area (Å²) in [6, 6.07) is 20.7. The number of hydrazone groups is 1. The largest absolute Gasteiger partial charge is 0.496 e. The molecule has 1 N–H and O–H groups in total. The van der Waals surface area contributed by atoms with E-state index < -0.39 is 22.5 Å². The maximum absolute atomic E-state index is 13.3. The summed E-state index contributed by atoms with van der Waals surface area (Å²) < 4.78 is 38.3. The average Bonchev–Trinajstić information content (AvgIpc) is 2.85. The summed E-state index contributed by atoms with van der Waals surface area (Å²) in [6.45, 7) is 1.57. The number of benzene rings is 3. The molecule has 0 atom stereocenters. The Morgan fingerprint density at radius 3 is 2.15 bits per heavy atom. The Morgan fingerprint density at radius 1 is 0.941 bits per heavy atom. The number of amides is 1. The number of nitrogens with zero attached hydrogens (tertiary/aromatic N) is 2. The number of sulfonamides is 1. The van der Waals surface area contributed by atoms with Crippen LogP contribution in [0, 0.1) is 6.92 Å². The smallest absolute Gasteiger partial charge is 0.255 e. The molecule has 0 bridgehead atoms. The van der Waals surface area contributed by atoms with Crippen LogP contribution in [0.25, 0.3) is 0 Å². The van der Waals surface area contributed by atoms with Crippen molar-refractivity contribution in [1.29, 1.82) is 0 Å². The minimum Gasteiger partial charge on any atom is -0.496 e. The van der Waals surface area contributed by atoms with Crippen molar-refractivity contribution in [3.05, 3.63) is 89.5 Å². The molecule has 0 saturated carbocycles. The molecule has 0 radical (unpaired) electrons. The Hall–Kier alpha value is -3.69. The van der Waals surface area contributed by atoms with Crippen LogP contribution in [-0.2, 0) is 21.4 Å². The Kier molecular flexibility index (Phi) is 8.39. The van der Waals surface area contributed by atoms with E-state index in [1.807, 2.05) is 31.2 Å². The first-order valence-electron chi connectivity index (χ1n) is 10.5. The number of carbonyl (C=O) groups excluding carboxylic acids is 1. The number of carbonyl (C=O) groups is 1. The van der Waals surface area contributed by atoms with Gasteiger partial charge in [-0.15, -0.1) is 0 Å². The number of hydrogen-bond donors (Lipinski definition) is 1. The van der Waals surface area contributed by atoms with E-state index >= 15 is 0 Å². The zero-order chi connectivity index (χ0) is 24.6. The quantitative estimate of drug-likeness (QED) is 0.354. The molecule has 0 fully saturated rings. The fraction of sp³-hybridized carbons (Fsp3) is 0.200. The van der Waals surface area contributed by atoms with Crippen LogP contribution >= 0.6 is 0 Å². The molecule has 3 aromatic rings. The van der Waals surface area contributed by atoms with Gasteiger partial charge in [-0.1, -0.05) is 54.1 Å². The zero-order valence-electron chi connectivity index (χ0n) is 19.3. The van der Waals surface area contributed by atoms with Crippen molar-refractivity contribution in [2.24, 2.45) is 5.10 Å². The number of nitrogens with one attached hydrogen (secondary N) is 1. The first-order chi connectivity index (χ1) is 16.3. The Balaban J connectivity index is 1.80. The van der Waals surface area contributed by atoms with Gasteiger partial charge >= 0.3 is 0 Å². The molecule has 0 unspecified atom stereocenters. The molecule has 0 aromatic heterocycles. The molecule has 9 heteroatoms. The summed E-state index contributed by atoms with van der Waals surface area (Å²) in [6.07, 6.45) is 1.39. The van der Waals surface area contributed by atoms with Crippen LogP contribution in [0.4, 0.5) is 0 Å². The van der Waals surface area contributed by atoms with Crippen molar-refractivity contribution >= 4 is 22.1 Å². The second kappa shape index (κ2) is 11.4. The fourth-order valence-corrected chi connectivity index (χ4v) is 4.64. The van der Waals surface area contributed by atoms with Crippen LogP contribution in [0.15, 0.2) is 82.8 Å². The van der Waals surface area contributed by atoms with E-state index in [4.69, 9.17) is 9.47 Å². The van der Waals surface area contributed by atoms with Gasteiger partial charge in [0, 0.05) is 6.54 Å². The van der Waals surface area contributed by atoms with Crippen LogP contribution in [0.1, 0.15) is 16.7 Å². The van der Waals surface area contributed by atoms with E-state index in [0.717, 1.165) is 15.4 Å². The summed E-state index contributed by atoms with van der Waals surface area (Å²) in [5.74, 6) is 0.451. The lowest BCUT2D eigenvalue weighted by atomic mass is 10.1. The number of methoxy groups -OCH3 is 2. The minimum atomic E-state index is -3.92. The van der Waals surface area contributed by atoms with Crippen LogP contribution in [0.5, 0.6) is 11.5 Å². The van der Waals surface area contributed by atoms with Crippen molar-refractivity contribution in [3.8, 4) is 11.5 Å². The first-order valence-corrected chi connectivity index (χ1v) is 11.9. The minimum absolute atomic E-state index is 0.0367. The molecule has 3 rings (SSSR count). The number of rotatable bonds is 10. The summed E-state index contributed by atoms with van der Waals surface area (Å²) in [5.41, 5.74) is 4.76. The van der Waals surface area contributed by atoms with Crippen LogP contribution in [0.2, 0.25) is 0 Å². The van der Waals surface area contributed by atoms with Gasteiger partial charge < -0.3 is 9.47 Å². The lowest BCUT2D eigenvalue weighted by Gasteiger charge is -2.21. The molecule has 0 saturated heterocycles. The predicted octanol–water partition coefficient (Wildman–Crippen LogP) is 3.35. The van der Waals surface area contributed by atoms with Crippen molar-refractivity contribution in [3.63, 3.8) is 0 Å². The van der Waals surface area contributed by atoms with Gasteiger partial charge in [0.15, 0.2) is 0 Å². The fourth-order valence-electron chi connectivity index (χ4n) is 3.24. The van der Waals surface area contributed by atoms with Crippen molar-refractivity contribution in [2.75, 3.05) is 20.8 Å². The third-order valence-corrected chi connectivity index (χ3v) is 6.84. The van der Waals surface area contributed by atoms with Gasteiger partial charge in [0.2, 0.25) is 10.0 Å². The summed E-state index contributed by atoms with van der Waals surface area (Å²) >= 11 is 0. The monoisotopic (exact) mass is 481 g/mol. The van der Waals surface area contributed by atoms with E-state index in [2.05, 4.69) is 10.5 Å². The number of hydrogen-bond acceptors (Lipinski definition) is 6. The number of aryl methyl sites for hydroxylation is 1. The highest BCUT2D eigenvalue weighted by Gasteiger charge is 2.26. The molecule has 1 amide bonds. The molecular weight excluding hydrogens is 454 g/mol. The third kappa shape index (κ3) is 6.21. The van der Waals surface area contributed by atoms with Crippen LogP contribution in [0.3, 0.4) is 0 Å².